The fourth-order valence-electron chi connectivity index (χ4n) is 3.96. The zero-order valence-electron chi connectivity index (χ0n) is 19.2. The number of methoxy groups -OCH3 is 1. The van der Waals surface area contributed by atoms with Gasteiger partial charge in [0.1, 0.15) is 6.10 Å². The zero-order chi connectivity index (χ0) is 24.7. The van der Waals surface area contributed by atoms with Gasteiger partial charge in [-0.3, -0.25) is 4.79 Å². The number of fused-ring (bicyclic) bond motifs is 1. The van der Waals surface area contributed by atoms with Gasteiger partial charge in [-0.15, -0.1) is 0 Å². The monoisotopic (exact) mass is 464 g/mol. The summed E-state index contributed by atoms with van der Waals surface area (Å²) in [4.78, 5) is 50.1. The average molecular weight is 464 g/mol. The van der Waals surface area contributed by atoms with E-state index in [1.54, 1.807) is 20.8 Å². The number of esters is 4. The molecule has 10 heteroatoms. The van der Waals surface area contributed by atoms with E-state index < -0.39 is 65.9 Å². The lowest BCUT2D eigenvalue weighted by atomic mass is 9.83. The normalized spacial score (nSPS) is 39.1. The standard InChI is InChI=1S/C23H28O10/c1-10-9-16-17(11(2)20(26)31-16)19(32-22(28)23(5)12(3)33-23)18(30-13(4)24)14(21(27)29-6)7-8-15(10)25/h7,9,12,15-19,25H,2,8H2,1,3-6H3/b10-9+,14-7+/t12-,15-,16-,17+,18+,19+,23-/m1/s1. The molecule has 0 aromatic heterocycles. The van der Waals surface area contributed by atoms with E-state index in [4.69, 9.17) is 23.7 Å². The maximum atomic E-state index is 13.0. The van der Waals surface area contributed by atoms with Crippen LogP contribution in [0.2, 0.25) is 0 Å². The molecular weight excluding hydrogens is 436 g/mol. The molecule has 0 saturated carbocycles. The number of hydrogen-bond donors (Lipinski definition) is 1. The molecule has 0 aromatic rings. The third-order valence-electron chi connectivity index (χ3n) is 6.24. The number of rotatable bonds is 4. The highest BCUT2D eigenvalue weighted by atomic mass is 16.7. The molecule has 0 amide bonds. The minimum absolute atomic E-state index is 0.0324. The van der Waals surface area contributed by atoms with Crippen LogP contribution in [-0.4, -0.2) is 72.2 Å². The minimum Gasteiger partial charge on any atom is -0.466 e. The Hall–Kier alpha value is -2.98. The number of aliphatic hydroxyl groups is 1. The Morgan fingerprint density at radius 3 is 2.45 bits per heavy atom. The molecule has 3 rings (SSSR count). The van der Waals surface area contributed by atoms with Crippen molar-refractivity contribution in [3.63, 3.8) is 0 Å². The van der Waals surface area contributed by atoms with Crippen LogP contribution in [0.3, 0.4) is 0 Å². The Morgan fingerprint density at radius 1 is 1.27 bits per heavy atom. The predicted molar refractivity (Wildman–Crippen MR) is 111 cm³/mol. The van der Waals surface area contributed by atoms with Crippen molar-refractivity contribution in [3.05, 3.63) is 35.5 Å². The zero-order valence-corrected chi connectivity index (χ0v) is 19.2. The summed E-state index contributed by atoms with van der Waals surface area (Å²) in [6, 6.07) is 0. The second kappa shape index (κ2) is 9.11. The molecule has 180 valence electrons. The molecule has 33 heavy (non-hydrogen) atoms. The van der Waals surface area contributed by atoms with Crippen LogP contribution in [0.1, 0.15) is 34.1 Å². The van der Waals surface area contributed by atoms with Crippen LogP contribution in [0.4, 0.5) is 0 Å². The summed E-state index contributed by atoms with van der Waals surface area (Å²) >= 11 is 0. The molecule has 7 atom stereocenters. The fraction of sp³-hybridized carbons (Fsp3) is 0.565. The third-order valence-corrected chi connectivity index (χ3v) is 6.24. The second-order valence-electron chi connectivity index (χ2n) is 8.50. The summed E-state index contributed by atoms with van der Waals surface area (Å²) in [7, 11) is 1.14. The quantitative estimate of drug-likeness (QED) is 0.210. The number of aliphatic hydroxyl groups excluding tert-OH is 1. The van der Waals surface area contributed by atoms with Gasteiger partial charge in [0.05, 0.1) is 30.8 Å². The van der Waals surface area contributed by atoms with Crippen molar-refractivity contribution >= 4 is 23.9 Å². The van der Waals surface area contributed by atoms with E-state index in [-0.39, 0.29) is 17.6 Å². The Kier molecular flexibility index (Phi) is 6.80. The molecule has 1 aliphatic carbocycles. The Balaban J connectivity index is 2.17. The van der Waals surface area contributed by atoms with E-state index in [9.17, 15) is 24.3 Å². The lowest BCUT2D eigenvalue weighted by molar-refractivity contribution is -0.173. The highest BCUT2D eigenvalue weighted by molar-refractivity contribution is 5.93. The highest BCUT2D eigenvalue weighted by Gasteiger charge is 2.59. The lowest BCUT2D eigenvalue weighted by Crippen LogP contribution is -2.48. The molecule has 0 bridgehead atoms. The molecule has 2 saturated heterocycles. The molecule has 3 aliphatic rings. The van der Waals surface area contributed by atoms with E-state index in [0.717, 1.165) is 14.0 Å². The highest BCUT2D eigenvalue weighted by Crippen LogP contribution is 2.41. The van der Waals surface area contributed by atoms with E-state index in [2.05, 4.69) is 6.58 Å². The first kappa shape index (κ1) is 24.7. The van der Waals surface area contributed by atoms with Crippen molar-refractivity contribution in [1.82, 2.24) is 0 Å². The Morgan fingerprint density at radius 2 is 1.91 bits per heavy atom. The molecular formula is C23H28O10. The molecule has 2 fully saturated rings. The summed E-state index contributed by atoms with van der Waals surface area (Å²) in [5.41, 5.74) is -0.948. The summed E-state index contributed by atoms with van der Waals surface area (Å²) in [5.74, 6) is -4.14. The van der Waals surface area contributed by atoms with Gasteiger partial charge in [0.25, 0.3) is 0 Å². The average Bonchev–Trinajstić information content (AvgIpc) is 3.28. The van der Waals surface area contributed by atoms with Crippen molar-refractivity contribution in [3.8, 4) is 0 Å². The molecule has 0 unspecified atom stereocenters. The summed E-state index contributed by atoms with van der Waals surface area (Å²) in [6.45, 7) is 9.77. The maximum absolute atomic E-state index is 13.0. The Bertz CT molecular complexity index is 947. The fourth-order valence-corrected chi connectivity index (χ4v) is 3.96. The van der Waals surface area contributed by atoms with Crippen LogP contribution >= 0.6 is 0 Å². The van der Waals surface area contributed by atoms with Gasteiger partial charge >= 0.3 is 23.9 Å². The van der Waals surface area contributed by atoms with Gasteiger partial charge in [0, 0.05) is 12.5 Å². The van der Waals surface area contributed by atoms with Crippen LogP contribution in [0.25, 0.3) is 0 Å². The van der Waals surface area contributed by atoms with Crippen molar-refractivity contribution in [2.45, 2.75) is 70.2 Å². The Labute approximate surface area is 191 Å². The SMILES string of the molecule is C=C1C(=O)O[C@@H]2/C=C(\C)[C@H](O)C/C=C(/C(=O)OC)[C@H](OC(C)=O)[C@@H](OC(=O)[C@]3(C)O[C@@H]3C)[C@@H]12. The van der Waals surface area contributed by atoms with Gasteiger partial charge in [-0.1, -0.05) is 12.7 Å². The predicted octanol–water partition coefficient (Wildman–Crippen LogP) is 0.915. The molecule has 1 N–H and O–H groups in total. The van der Waals surface area contributed by atoms with Crippen LogP contribution in [0.15, 0.2) is 35.5 Å². The van der Waals surface area contributed by atoms with E-state index >= 15 is 0 Å². The first-order valence-corrected chi connectivity index (χ1v) is 10.5. The summed E-state index contributed by atoms with van der Waals surface area (Å²) in [5, 5.41) is 10.5. The largest absolute Gasteiger partial charge is 0.466 e. The van der Waals surface area contributed by atoms with Crippen LogP contribution in [-0.2, 0) is 42.9 Å². The van der Waals surface area contributed by atoms with Crippen molar-refractivity contribution in [1.29, 1.82) is 0 Å². The number of carbonyl (C=O) groups excluding carboxylic acids is 4. The first-order chi connectivity index (χ1) is 15.4. The maximum Gasteiger partial charge on any atom is 0.341 e. The molecule has 2 aliphatic heterocycles. The second-order valence-corrected chi connectivity index (χ2v) is 8.50. The van der Waals surface area contributed by atoms with E-state index in [1.807, 2.05) is 0 Å². The van der Waals surface area contributed by atoms with Gasteiger partial charge in [-0.25, -0.2) is 14.4 Å². The lowest BCUT2D eigenvalue weighted by Gasteiger charge is -2.34. The smallest absolute Gasteiger partial charge is 0.341 e. The van der Waals surface area contributed by atoms with Crippen LogP contribution in [0.5, 0.6) is 0 Å². The van der Waals surface area contributed by atoms with Crippen molar-refractivity contribution in [2.24, 2.45) is 5.92 Å². The molecule has 10 nitrogen and oxygen atoms in total. The first-order valence-electron chi connectivity index (χ1n) is 10.5. The number of carbonyl (C=O) groups is 4. The van der Waals surface area contributed by atoms with Crippen LogP contribution < -0.4 is 0 Å². The summed E-state index contributed by atoms with van der Waals surface area (Å²) in [6.07, 6.45) is -2.39. The molecule has 0 spiro atoms. The van der Waals surface area contributed by atoms with Crippen molar-refractivity contribution < 1.29 is 48.0 Å². The summed E-state index contributed by atoms with van der Waals surface area (Å²) < 4.78 is 26.9. The van der Waals surface area contributed by atoms with Gasteiger partial charge in [-0.05, 0) is 38.8 Å². The molecule has 0 aromatic carbocycles. The van der Waals surface area contributed by atoms with Gasteiger partial charge in [-0.2, -0.15) is 0 Å². The van der Waals surface area contributed by atoms with Gasteiger partial charge < -0.3 is 28.8 Å². The number of ether oxygens (including phenoxy) is 5. The molecule has 2 heterocycles. The van der Waals surface area contributed by atoms with E-state index in [0.29, 0.717) is 5.57 Å². The van der Waals surface area contributed by atoms with Gasteiger partial charge in [0.15, 0.2) is 17.8 Å². The molecule has 0 radical (unpaired) electrons. The third kappa shape index (κ3) is 4.72. The van der Waals surface area contributed by atoms with Crippen molar-refractivity contribution in [2.75, 3.05) is 7.11 Å². The van der Waals surface area contributed by atoms with E-state index in [1.165, 1.54) is 12.2 Å². The van der Waals surface area contributed by atoms with Crippen LogP contribution in [0, 0.1) is 5.92 Å². The number of epoxide rings is 1. The van der Waals surface area contributed by atoms with Gasteiger partial charge in [0.2, 0.25) is 0 Å². The number of hydrogen-bond acceptors (Lipinski definition) is 10. The minimum atomic E-state index is -1.46. The topological polar surface area (TPSA) is 138 Å².